The van der Waals surface area contributed by atoms with Gasteiger partial charge in [-0.3, -0.25) is 4.68 Å². The van der Waals surface area contributed by atoms with Gasteiger partial charge in [-0.1, -0.05) is 0 Å². The van der Waals surface area contributed by atoms with Crippen molar-refractivity contribution in [3.05, 3.63) is 41.5 Å². The molecular weight excluding hydrogens is 382 g/mol. The third-order valence-electron chi connectivity index (χ3n) is 5.42. The fourth-order valence-electron chi connectivity index (χ4n) is 3.92. The third kappa shape index (κ3) is 2.97. The van der Waals surface area contributed by atoms with E-state index in [1.54, 1.807) is 10.9 Å². The van der Waals surface area contributed by atoms with Crippen molar-refractivity contribution in [2.75, 3.05) is 6.61 Å². The topological polar surface area (TPSA) is 63.8 Å². The number of pyridine rings is 2. The lowest BCUT2D eigenvalue weighted by atomic mass is 9.73. The Kier molecular flexibility index (Phi) is 3.96. The molecule has 1 aliphatic carbocycles. The van der Waals surface area contributed by atoms with Gasteiger partial charge in [-0.2, -0.15) is 5.10 Å². The maximum Gasteiger partial charge on any atom is 0.248 e. The van der Waals surface area contributed by atoms with Crippen molar-refractivity contribution in [3.8, 4) is 11.3 Å². The molecule has 0 bridgehead atoms. The number of rotatable bonds is 4. The quantitative estimate of drug-likeness (QED) is 0.553. The van der Waals surface area contributed by atoms with Crippen LogP contribution in [-0.2, 0) is 7.05 Å². The summed E-state index contributed by atoms with van der Waals surface area (Å²) in [6.07, 6.45) is 3.36. The third-order valence-corrected chi connectivity index (χ3v) is 6.60. The summed E-state index contributed by atoms with van der Waals surface area (Å²) in [5.41, 5.74) is 2.39. The van der Waals surface area contributed by atoms with Crippen molar-refractivity contribution in [1.82, 2.24) is 19.7 Å². The van der Waals surface area contributed by atoms with Crippen LogP contribution in [0.3, 0.4) is 0 Å². The first-order valence-corrected chi connectivity index (χ1v) is 9.92. The normalized spacial score (nSPS) is 17.9. The largest absolute Gasteiger partial charge is 0.396 e. The van der Waals surface area contributed by atoms with Gasteiger partial charge in [-0.15, -0.1) is 11.3 Å². The number of aromatic nitrogens is 4. The van der Waals surface area contributed by atoms with E-state index in [1.165, 1.54) is 11.3 Å². The van der Waals surface area contributed by atoms with Gasteiger partial charge >= 0.3 is 0 Å². The van der Waals surface area contributed by atoms with E-state index in [-0.39, 0.29) is 31.3 Å². The molecule has 4 aromatic heterocycles. The van der Waals surface area contributed by atoms with E-state index in [4.69, 9.17) is 4.98 Å². The van der Waals surface area contributed by atoms with Gasteiger partial charge in [0.2, 0.25) is 5.92 Å². The zero-order chi connectivity index (χ0) is 19.5. The van der Waals surface area contributed by atoms with Gasteiger partial charge in [0.05, 0.1) is 12.3 Å². The van der Waals surface area contributed by atoms with E-state index in [9.17, 15) is 13.9 Å². The number of hydrogen-bond donors (Lipinski definition) is 1. The molecular formula is C20H18F2N4OS. The number of thiophene rings is 1. The van der Waals surface area contributed by atoms with Gasteiger partial charge in [0.1, 0.15) is 4.83 Å². The minimum absolute atomic E-state index is 0.123. The van der Waals surface area contributed by atoms with Crippen LogP contribution in [0.5, 0.6) is 0 Å². The van der Waals surface area contributed by atoms with E-state index in [2.05, 4.69) is 10.1 Å². The minimum atomic E-state index is -2.59. The Morgan fingerprint density at radius 1 is 1.29 bits per heavy atom. The zero-order valence-corrected chi connectivity index (χ0v) is 16.0. The van der Waals surface area contributed by atoms with Gasteiger partial charge in [-0.25, -0.2) is 18.7 Å². The number of alkyl halides is 2. The molecule has 5 rings (SSSR count). The molecule has 1 atom stereocenters. The summed E-state index contributed by atoms with van der Waals surface area (Å²) in [5.74, 6) is -3.02. The van der Waals surface area contributed by atoms with E-state index in [0.717, 1.165) is 31.7 Å². The van der Waals surface area contributed by atoms with Crippen LogP contribution in [0.25, 0.3) is 32.5 Å². The zero-order valence-electron chi connectivity index (χ0n) is 15.1. The molecule has 1 unspecified atom stereocenters. The molecule has 8 heteroatoms. The molecule has 1 aliphatic rings. The maximum absolute atomic E-state index is 13.3. The first-order chi connectivity index (χ1) is 13.4. The summed E-state index contributed by atoms with van der Waals surface area (Å²) in [6, 6.07) is 7.89. The molecule has 0 amide bonds. The van der Waals surface area contributed by atoms with Gasteiger partial charge in [-0.05, 0) is 30.2 Å². The van der Waals surface area contributed by atoms with Crippen LogP contribution < -0.4 is 0 Å². The second kappa shape index (κ2) is 6.28. The average Bonchev–Trinajstić information content (AvgIpc) is 3.21. The Balaban J connectivity index is 1.49. The van der Waals surface area contributed by atoms with Crippen LogP contribution in [0.15, 0.2) is 36.7 Å². The van der Waals surface area contributed by atoms with Crippen molar-refractivity contribution >= 4 is 32.6 Å². The summed E-state index contributed by atoms with van der Waals surface area (Å²) in [6.45, 7) is -0.123. The van der Waals surface area contributed by atoms with E-state index < -0.39 is 5.92 Å². The Labute approximate surface area is 163 Å². The fourth-order valence-corrected chi connectivity index (χ4v) is 5.13. The highest BCUT2D eigenvalue weighted by molar-refractivity contribution is 7.18. The van der Waals surface area contributed by atoms with Crippen molar-refractivity contribution in [3.63, 3.8) is 0 Å². The second-order valence-electron chi connectivity index (χ2n) is 7.49. The second-order valence-corrected chi connectivity index (χ2v) is 8.55. The monoisotopic (exact) mass is 400 g/mol. The minimum Gasteiger partial charge on any atom is -0.396 e. The van der Waals surface area contributed by atoms with Crippen molar-refractivity contribution < 1.29 is 13.9 Å². The summed E-state index contributed by atoms with van der Waals surface area (Å²) in [7, 11) is 1.86. The summed E-state index contributed by atoms with van der Waals surface area (Å²) in [4.78, 5) is 10.9. The number of halogens is 2. The molecule has 1 N–H and O–H groups in total. The molecule has 0 saturated heterocycles. The molecule has 0 spiro atoms. The predicted octanol–water partition coefficient (Wildman–Crippen LogP) is 4.37. The van der Waals surface area contributed by atoms with Crippen LogP contribution in [0.4, 0.5) is 8.78 Å². The van der Waals surface area contributed by atoms with Gasteiger partial charge in [0.25, 0.3) is 0 Å². The molecule has 4 heterocycles. The molecule has 4 aromatic rings. The van der Waals surface area contributed by atoms with Crippen molar-refractivity contribution in [2.24, 2.45) is 13.0 Å². The Hall–Kier alpha value is -2.45. The summed E-state index contributed by atoms with van der Waals surface area (Å²) < 4.78 is 28.2. The lowest BCUT2D eigenvalue weighted by Gasteiger charge is -2.39. The lowest BCUT2D eigenvalue weighted by Crippen LogP contribution is -2.39. The number of hydrogen-bond acceptors (Lipinski definition) is 5. The fraction of sp³-hybridized carbons (Fsp3) is 0.350. The smallest absolute Gasteiger partial charge is 0.248 e. The highest BCUT2D eigenvalue weighted by Crippen LogP contribution is 2.50. The van der Waals surface area contributed by atoms with Gasteiger partial charge < -0.3 is 5.11 Å². The van der Waals surface area contributed by atoms with Crippen LogP contribution in [0.1, 0.15) is 23.6 Å². The van der Waals surface area contributed by atoms with Crippen molar-refractivity contribution in [2.45, 2.75) is 24.7 Å². The molecule has 0 aromatic carbocycles. The number of aliphatic hydroxyl groups is 1. The van der Waals surface area contributed by atoms with E-state index in [0.29, 0.717) is 5.65 Å². The highest BCUT2D eigenvalue weighted by Gasteiger charge is 2.48. The van der Waals surface area contributed by atoms with E-state index in [1.807, 2.05) is 37.5 Å². The molecule has 28 heavy (non-hydrogen) atoms. The Morgan fingerprint density at radius 2 is 2.11 bits per heavy atom. The van der Waals surface area contributed by atoms with Crippen LogP contribution in [0.2, 0.25) is 0 Å². The SMILES string of the molecule is Cn1cc2cc(-c3ccc4cc(C(CO)C5CC(F)(F)C5)sc4n3)cnc2n1. The summed E-state index contributed by atoms with van der Waals surface area (Å²) in [5, 5.41) is 16.0. The van der Waals surface area contributed by atoms with Crippen LogP contribution in [-0.4, -0.2) is 37.4 Å². The molecule has 144 valence electrons. The predicted molar refractivity (Wildman–Crippen MR) is 105 cm³/mol. The Morgan fingerprint density at radius 3 is 2.86 bits per heavy atom. The molecule has 0 aliphatic heterocycles. The number of fused-ring (bicyclic) bond motifs is 2. The van der Waals surface area contributed by atoms with Gasteiger partial charge in [0, 0.05) is 59.4 Å². The number of aryl methyl sites for hydroxylation is 1. The first kappa shape index (κ1) is 17.6. The molecule has 1 fully saturated rings. The highest BCUT2D eigenvalue weighted by atomic mass is 32.1. The Bertz CT molecular complexity index is 1180. The molecule has 5 nitrogen and oxygen atoms in total. The summed E-state index contributed by atoms with van der Waals surface area (Å²) >= 11 is 1.47. The van der Waals surface area contributed by atoms with Crippen LogP contribution >= 0.6 is 11.3 Å². The molecule has 0 radical (unpaired) electrons. The van der Waals surface area contributed by atoms with Crippen molar-refractivity contribution in [1.29, 1.82) is 0 Å². The van der Waals surface area contributed by atoms with E-state index >= 15 is 0 Å². The standard InChI is InChI=1S/C20H18F2N4OS/c1-26-9-13-4-12(8-23-18(13)25-26)16-3-2-11-5-17(28-19(11)24-16)15(10-27)14-6-20(21,22)7-14/h2-5,8-9,14-15,27H,6-7,10H2,1H3. The number of nitrogens with zero attached hydrogens (tertiary/aromatic N) is 4. The first-order valence-electron chi connectivity index (χ1n) is 9.11. The average molecular weight is 400 g/mol. The van der Waals surface area contributed by atoms with Crippen LogP contribution in [0, 0.1) is 5.92 Å². The molecule has 1 saturated carbocycles. The van der Waals surface area contributed by atoms with Gasteiger partial charge in [0.15, 0.2) is 5.65 Å². The lowest BCUT2D eigenvalue weighted by molar-refractivity contribution is -0.120. The number of aliphatic hydroxyl groups excluding tert-OH is 1. The maximum atomic E-state index is 13.3.